The quantitative estimate of drug-likeness (QED) is 0.861. The van der Waals surface area contributed by atoms with Crippen LogP contribution in [-0.4, -0.2) is 18.6 Å². The molecule has 21 heavy (non-hydrogen) atoms. The highest BCUT2D eigenvalue weighted by Crippen LogP contribution is 2.33. The normalized spacial score (nSPS) is 11.1. The zero-order valence-corrected chi connectivity index (χ0v) is 14.3. The molecule has 1 heterocycles. The average Bonchev–Trinajstić information content (AvgIpc) is 2.89. The molecule has 0 aliphatic heterocycles. The van der Waals surface area contributed by atoms with Gasteiger partial charge in [-0.25, -0.2) is 4.98 Å². The fourth-order valence-electron chi connectivity index (χ4n) is 2.31. The van der Waals surface area contributed by atoms with Gasteiger partial charge < -0.3 is 10.1 Å². The highest BCUT2D eigenvalue weighted by molar-refractivity contribution is 7.15. The molecule has 3 nitrogen and oxygen atoms in total. The molecule has 0 spiro atoms. The van der Waals surface area contributed by atoms with Gasteiger partial charge in [0.05, 0.1) is 12.8 Å². The Morgan fingerprint density at radius 1 is 1.33 bits per heavy atom. The number of aromatic nitrogens is 1. The molecule has 0 aliphatic rings. The van der Waals surface area contributed by atoms with Gasteiger partial charge in [-0.15, -0.1) is 11.3 Å². The summed E-state index contributed by atoms with van der Waals surface area (Å²) < 4.78 is 5.33. The van der Waals surface area contributed by atoms with E-state index in [1.807, 2.05) is 6.07 Å². The summed E-state index contributed by atoms with van der Waals surface area (Å²) in [5.41, 5.74) is 3.52. The molecular formula is C17H24N2OS. The third-order valence-corrected chi connectivity index (χ3v) is 4.57. The number of aryl methyl sites for hydroxylation is 1. The van der Waals surface area contributed by atoms with Crippen molar-refractivity contribution in [2.75, 3.05) is 13.7 Å². The van der Waals surface area contributed by atoms with Crippen LogP contribution in [0.3, 0.4) is 0 Å². The van der Waals surface area contributed by atoms with Crippen LogP contribution in [0.5, 0.6) is 5.75 Å². The molecule has 0 atom stereocenters. The molecule has 1 N–H and O–H groups in total. The molecule has 0 aliphatic carbocycles. The first-order valence-electron chi connectivity index (χ1n) is 7.42. The zero-order chi connectivity index (χ0) is 15.4. The van der Waals surface area contributed by atoms with Gasteiger partial charge in [0.2, 0.25) is 0 Å². The Morgan fingerprint density at radius 3 is 2.67 bits per heavy atom. The summed E-state index contributed by atoms with van der Waals surface area (Å²) in [6.45, 7) is 10.5. The summed E-state index contributed by atoms with van der Waals surface area (Å²) >= 11 is 1.79. The number of hydrogen-bond acceptors (Lipinski definition) is 4. The van der Waals surface area contributed by atoms with Gasteiger partial charge in [0.15, 0.2) is 0 Å². The van der Waals surface area contributed by atoms with Crippen molar-refractivity contribution in [3.8, 4) is 16.3 Å². The van der Waals surface area contributed by atoms with Gasteiger partial charge in [-0.2, -0.15) is 0 Å². The molecule has 1 aromatic heterocycles. The second-order valence-corrected chi connectivity index (χ2v) is 6.53. The Morgan fingerprint density at radius 2 is 2.10 bits per heavy atom. The van der Waals surface area contributed by atoms with E-state index in [9.17, 15) is 0 Å². The number of thiazole rings is 1. The minimum Gasteiger partial charge on any atom is -0.496 e. The van der Waals surface area contributed by atoms with Crippen molar-refractivity contribution in [3.05, 3.63) is 34.3 Å². The Hall–Kier alpha value is -1.39. The van der Waals surface area contributed by atoms with Crippen molar-refractivity contribution in [1.82, 2.24) is 10.3 Å². The summed E-state index contributed by atoms with van der Waals surface area (Å²) in [5, 5.41) is 4.50. The highest BCUT2D eigenvalue weighted by atomic mass is 32.1. The third kappa shape index (κ3) is 3.63. The first-order chi connectivity index (χ1) is 10.1. The van der Waals surface area contributed by atoms with E-state index in [2.05, 4.69) is 45.1 Å². The molecule has 114 valence electrons. The Balaban J connectivity index is 2.37. The van der Waals surface area contributed by atoms with E-state index in [0.717, 1.165) is 29.4 Å². The van der Waals surface area contributed by atoms with E-state index in [-0.39, 0.29) is 0 Å². The predicted octanol–water partition coefficient (Wildman–Crippen LogP) is 4.36. The fraction of sp³-hybridized carbons (Fsp3) is 0.471. The first kappa shape index (κ1) is 16.0. The van der Waals surface area contributed by atoms with Crippen LogP contribution in [0.2, 0.25) is 0 Å². The molecule has 1 aromatic carbocycles. The van der Waals surface area contributed by atoms with Crippen LogP contribution < -0.4 is 10.1 Å². The number of hydrogen-bond donors (Lipinski definition) is 1. The van der Waals surface area contributed by atoms with Crippen molar-refractivity contribution in [2.24, 2.45) is 0 Å². The monoisotopic (exact) mass is 304 g/mol. The van der Waals surface area contributed by atoms with Crippen molar-refractivity contribution in [1.29, 1.82) is 0 Å². The van der Waals surface area contributed by atoms with E-state index in [1.54, 1.807) is 18.4 Å². The molecule has 0 fully saturated rings. The van der Waals surface area contributed by atoms with Crippen LogP contribution in [0, 0.1) is 6.92 Å². The lowest BCUT2D eigenvalue weighted by Crippen LogP contribution is -2.12. The minimum absolute atomic E-state index is 0.447. The molecular weight excluding hydrogens is 280 g/mol. The van der Waals surface area contributed by atoms with Crippen LogP contribution >= 0.6 is 11.3 Å². The topological polar surface area (TPSA) is 34.1 Å². The average molecular weight is 304 g/mol. The van der Waals surface area contributed by atoms with Crippen molar-refractivity contribution < 1.29 is 4.74 Å². The molecule has 2 rings (SSSR count). The minimum atomic E-state index is 0.447. The highest BCUT2D eigenvalue weighted by Gasteiger charge is 2.15. The number of benzene rings is 1. The number of nitrogens with zero attached hydrogens (tertiary/aromatic N) is 1. The van der Waals surface area contributed by atoms with Gasteiger partial charge in [0.25, 0.3) is 0 Å². The Labute approximate surface area is 131 Å². The number of nitrogens with one attached hydrogen (secondary N) is 1. The van der Waals surface area contributed by atoms with E-state index in [4.69, 9.17) is 9.72 Å². The van der Waals surface area contributed by atoms with Gasteiger partial charge in [-0.1, -0.05) is 20.8 Å². The lowest BCUT2D eigenvalue weighted by molar-refractivity contribution is 0.412. The summed E-state index contributed by atoms with van der Waals surface area (Å²) in [6, 6.07) is 6.26. The molecule has 0 unspecified atom stereocenters. The lowest BCUT2D eigenvalue weighted by Gasteiger charge is -2.05. The third-order valence-electron chi connectivity index (χ3n) is 3.45. The molecule has 2 aromatic rings. The van der Waals surface area contributed by atoms with Crippen LogP contribution in [0.15, 0.2) is 18.2 Å². The molecule has 0 amide bonds. The van der Waals surface area contributed by atoms with Crippen LogP contribution in [0.4, 0.5) is 0 Å². The molecule has 0 radical (unpaired) electrons. The van der Waals surface area contributed by atoms with Gasteiger partial charge >= 0.3 is 0 Å². The predicted molar refractivity (Wildman–Crippen MR) is 90.3 cm³/mol. The molecule has 0 bridgehead atoms. The maximum Gasteiger partial charge on any atom is 0.123 e. The van der Waals surface area contributed by atoms with Crippen molar-refractivity contribution in [2.45, 2.75) is 40.2 Å². The number of ether oxygens (including phenoxy) is 1. The number of methoxy groups -OCH3 is 1. The van der Waals surface area contributed by atoms with Crippen molar-refractivity contribution in [3.63, 3.8) is 0 Å². The Kier molecular flexibility index (Phi) is 5.37. The van der Waals surface area contributed by atoms with Crippen LogP contribution in [0.1, 0.15) is 42.8 Å². The van der Waals surface area contributed by atoms with Gasteiger partial charge in [-0.3, -0.25) is 0 Å². The maximum atomic E-state index is 5.33. The van der Waals surface area contributed by atoms with Gasteiger partial charge in [-0.05, 0) is 43.1 Å². The van der Waals surface area contributed by atoms with Gasteiger partial charge in [0.1, 0.15) is 10.8 Å². The van der Waals surface area contributed by atoms with Crippen molar-refractivity contribution >= 4 is 11.3 Å². The second kappa shape index (κ2) is 7.05. The largest absolute Gasteiger partial charge is 0.496 e. The maximum absolute atomic E-state index is 5.33. The van der Waals surface area contributed by atoms with Crippen LogP contribution in [-0.2, 0) is 6.54 Å². The van der Waals surface area contributed by atoms with E-state index < -0.39 is 0 Å². The summed E-state index contributed by atoms with van der Waals surface area (Å²) in [7, 11) is 1.71. The zero-order valence-electron chi connectivity index (χ0n) is 13.5. The summed E-state index contributed by atoms with van der Waals surface area (Å²) in [6.07, 6.45) is 0. The SMILES string of the molecule is CCNCc1sc(-c2ccc(OC)c(C)c2)nc1C(C)C. The van der Waals surface area contributed by atoms with E-state index in [0.29, 0.717) is 5.92 Å². The molecule has 4 heteroatoms. The standard InChI is InChI=1S/C17H24N2OS/c1-6-18-10-15-16(11(2)3)19-17(21-15)13-7-8-14(20-5)12(4)9-13/h7-9,11,18H,6,10H2,1-5H3. The summed E-state index contributed by atoms with van der Waals surface area (Å²) in [4.78, 5) is 6.21. The molecule has 0 saturated heterocycles. The lowest BCUT2D eigenvalue weighted by atomic mass is 10.1. The fourth-order valence-corrected chi connectivity index (χ4v) is 3.50. The van der Waals surface area contributed by atoms with Gasteiger partial charge in [0, 0.05) is 17.0 Å². The van der Waals surface area contributed by atoms with Crippen LogP contribution in [0.25, 0.3) is 10.6 Å². The second-order valence-electron chi connectivity index (χ2n) is 5.45. The molecule has 0 saturated carbocycles. The van der Waals surface area contributed by atoms with E-state index >= 15 is 0 Å². The smallest absolute Gasteiger partial charge is 0.123 e. The number of rotatable bonds is 6. The first-order valence-corrected chi connectivity index (χ1v) is 8.23. The van der Waals surface area contributed by atoms with E-state index in [1.165, 1.54) is 16.1 Å². The summed E-state index contributed by atoms with van der Waals surface area (Å²) in [5.74, 6) is 1.37. The Bertz CT molecular complexity index is 605.